The molecule has 0 fully saturated rings. The van der Waals surface area contributed by atoms with E-state index < -0.39 is 0 Å². The van der Waals surface area contributed by atoms with Gasteiger partial charge in [0.25, 0.3) is 0 Å². The summed E-state index contributed by atoms with van der Waals surface area (Å²) in [6, 6.07) is 0. The van der Waals surface area contributed by atoms with E-state index in [2.05, 4.69) is 43.0 Å². The van der Waals surface area contributed by atoms with E-state index >= 15 is 0 Å². The summed E-state index contributed by atoms with van der Waals surface area (Å²) >= 11 is 0. The molecule has 1 rings (SSSR count). The van der Waals surface area contributed by atoms with Crippen LogP contribution in [0.4, 0.5) is 0 Å². The minimum atomic E-state index is 0.136. The van der Waals surface area contributed by atoms with Crippen molar-refractivity contribution >= 4 is 0 Å². The highest BCUT2D eigenvalue weighted by Crippen LogP contribution is 2.19. The average molecular weight is 265 g/mol. The smallest absolute Gasteiger partial charge is 0.160 e. The Morgan fingerprint density at radius 3 is 2.37 bits per heavy atom. The van der Waals surface area contributed by atoms with E-state index in [0.717, 1.165) is 30.4 Å². The molecule has 4 nitrogen and oxygen atoms in total. The van der Waals surface area contributed by atoms with Gasteiger partial charge in [-0.25, -0.2) is 9.97 Å². The second kappa shape index (κ2) is 7.43. The molecule has 1 aromatic rings. The predicted octanol–water partition coefficient (Wildman–Crippen LogP) is 3.13. The highest BCUT2D eigenvalue weighted by molar-refractivity contribution is 5.25. The Kier molecular flexibility index (Phi) is 6.22. The zero-order valence-corrected chi connectivity index (χ0v) is 13.0. The van der Waals surface area contributed by atoms with E-state index in [9.17, 15) is 0 Å². The van der Waals surface area contributed by atoms with Crippen LogP contribution in [0.1, 0.15) is 59.0 Å². The van der Waals surface area contributed by atoms with Gasteiger partial charge in [0.15, 0.2) is 5.75 Å². The minimum Gasteiger partial charge on any atom is -0.487 e. The molecule has 0 unspecified atom stereocenters. The van der Waals surface area contributed by atoms with Crippen LogP contribution in [0.3, 0.4) is 0 Å². The maximum absolute atomic E-state index is 5.77. The summed E-state index contributed by atoms with van der Waals surface area (Å²) in [6.45, 7) is 14.3. The molecular formula is C15H27N3O. The van der Waals surface area contributed by atoms with E-state index in [-0.39, 0.29) is 6.10 Å². The van der Waals surface area contributed by atoms with Crippen LogP contribution < -0.4 is 10.1 Å². The maximum Gasteiger partial charge on any atom is 0.160 e. The van der Waals surface area contributed by atoms with E-state index in [1.54, 1.807) is 6.20 Å². The predicted molar refractivity (Wildman–Crippen MR) is 78.4 cm³/mol. The zero-order valence-electron chi connectivity index (χ0n) is 13.0. The minimum absolute atomic E-state index is 0.136. The number of rotatable bonds is 7. The third kappa shape index (κ3) is 5.55. The lowest BCUT2D eigenvalue weighted by atomic mass is 10.2. The first-order chi connectivity index (χ1) is 8.90. The molecule has 1 aromatic heterocycles. The highest BCUT2D eigenvalue weighted by Gasteiger charge is 2.12. The van der Waals surface area contributed by atoms with Crippen molar-refractivity contribution in [2.75, 3.05) is 6.54 Å². The molecule has 0 aliphatic rings. The maximum atomic E-state index is 5.77. The van der Waals surface area contributed by atoms with Crippen molar-refractivity contribution in [3.05, 3.63) is 17.7 Å². The van der Waals surface area contributed by atoms with Gasteiger partial charge in [-0.05, 0) is 26.3 Å². The lowest BCUT2D eigenvalue weighted by molar-refractivity contribution is 0.236. The molecule has 4 heteroatoms. The molecular weight excluding hydrogens is 238 g/mol. The van der Waals surface area contributed by atoms with Crippen molar-refractivity contribution in [3.63, 3.8) is 0 Å². The molecule has 0 atom stereocenters. The van der Waals surface area contributed by atoms with Crippen LogP contribution >= 0.6 is 0 Å². The van der Waals surface area contributed by atoms with Gasteiger partial charge in [0.2, 0.25) is 0 Å². The van der Waals surface area contributed by atoms with Gasteiger partial charge in [0, 0.05) is 12.5 Å². The summed E-state index contributed by atoms with van der Waals surface area (Å²) in [5, 5.41) is 3.41. The summed E-state index contributed by atoms with van der Waals surface area (Å²) in [5.74, 6) is 2.62. The lowest BCUT2D eigenvalue weighted by Gasteiger charge is -2.16. The Morgan fingerprint density at radius 2 is 1.84 bits per heavy atom. The van der Waals surface area contributed by atoms with Gasteiger partial charge in [-0.3, -0.25) is 0 Å². The van der Waals surface area contributed by atoms with Crippen LogP contribution in [-0.2, 0) is 6.54 Å². The number of aromatic nitrogens is 2. The molecule has 0 radical (unpaired) electrons. The Labute approximate surface area is 117 Å². The molecule has 0 aromatic carbocycles. The lowest BCUT2D eigenvalue weighted by Crippen LogP contribution is -2.21. The van der Waals surface area contributed by atoms with Crippen LogP contribution in [0.15, 0.2) is 6.20 Å². The number of nitrogens with zero attached hydrogens (tertiary/aromatic N) is 2. The van der Waals surface area contributed by atoms with Crippen molar-refractivity contribution < 1.29 is 4.74 Å². The fourth-order valence-electron chi connectivity index (χ4n) is 1.66. The summed E-state index contributed by atoms with van der Waals surface area (Å²) in [5.41, 5.74) is 0.952. The molecule has 0 amide bonds. The molecule has 0 saturated heterocycles. The first-order valence-electron chi connectivity index (χ1n) is 7.13. The second-order valence-electron chi connectivity index (χ2n) is 5.89. The largest absolute Gasteiger partial charge is 0.487 e. The molecule has 0 saturated carbocycles. The van der Waals surface area contributed by atoms with Gasteiger partial charge in [0.1, 0.15) is 5.82 Å². The van der Waals surface area contributed by atoms with Crippen LogP contribution in [0, 0.1) is 5.92 Å². The molecule has 0 aliphatic carbocycles. The topological polar surface area (TPSA) is 47.0 Å². The molecule has 1 N–H and O–H groups in total. The molecule has 1 heterocycles. The van der Waals surface area contributed by atoms with Crippen molar-refractivity contribution in [3.8, 4) is 5.75 Å². The van der Waals surface area contributed by atoms with Crippen LogP contribution in [-0.4, -0.2) is 22.6 Å². The third-order valence-electron chi connectivity index (χ3n) is 2.57. The van der Waals surface area contributed by atoms with Gasteiger partial charge in [-0.15, -0.1) is 0 Å². The van der Waals surface area contributed by atoms with Crippen LogP contribution in [0.2, 0.25) is 0 Å². The number of hydrogen-bond donors (Lipinski definition) is 1. The van der Waals surface area contributed by atoms with Gasteiger partial charge in [-0.2, -0.15) is 0 Å². The van der Waals surface area contributed by atoms with E-state index in [4.69, 9.17) is 4.74 Å². The number of nitrogens with one attached hydrogen (secondary N) is 1. The number of ether oxygens (including phenoxy) is 1. The Bertz CT molecular complexity index is 389. The fraction of sp³-hybridized carbons (Fsp3) is 0.733. The first kappa shape index (κ1) is 15.9. The summed E-state index contributed by atoms with van der Waals surface area (Å²) < 4.78 is 5.77. The molecule has 0 spiro atoms. The monoisotopic (exact) mass is 265 g/mol. The Morgan fingerprint density at radius 1 is 1.16 bits per heavy atom. The van der Waals surface area contributed by atoms with Gasteiger partial charge in [0.05, 0.1) is 18.0 Å². The van der Waals surface area contributed by atoms with E-state index in [1.165, 1.54) is 0 Å². The molecule has 0 aliphatic heterocycles. The normalized spacial score (nSPS) is 11.6. The van der Waals surface area contributed by atoms with Gasteiger partial charge >= 0.3 is 0 Å². The van der Waals surface area contributed by atoms with Gasteiger partial charge in [-0.1, -0.05) is 27.7 Å². The average Bonchev–Trinajstić information content (AvgIpc) is 2.29. The standard InChI is InChI=1S/C15H27N3O/c1-10(2)7-16-8-13-14(19-12(5)6)9-17-15(18-13)11(3)4/h9-12,16H,7-8H2,1-6H3. The Hall–Kier alpha value is -1.16. The van der Waals surface area contributed by atoms with E-state index in [0.29, 0.717) is 11.8 Å². The summed E-state index contributed by atoms with van der Waals surface area (Å²) in [7, 11) is 0. The molecule has 19 heavy (non-hydrogen) atoms. The highest BCUT2D eigenvalue weighted by atomic mass is 16.5. The summed E-state index contributed by atoms with van der Waals surface area (Å²) in [4.78, 5) is 8.99. The van der Waals surface area contributed by atoms with E-state index in [1.807, 2.05) is 13.8 Å². The first-order valence-corrected chi connectivity index (χ1v) is 7.13. The fourth-order valence-corrected chi connectivity index (χ4v) is 1.66. The number of hydrogen-bond acceptors (Lipinski definition) is 4. The quantitative estimate of drug-likeness (QED) is 0.823. The summed E-state index contributed by atoms with van der Waals surface area (Å²) in [6.07, 6.45) is 1.94. The van der Waals surface area contributed by atoms with Crippen molar-refractivity contribution in [2.45, 2.75) is 60.1 Å². The third-order valence-corrected chi connectivity index (χ3v) is 2.57. The molecule has 108 valence electrons. The Balaban J connectivity index is 2.84. The van der Waals surface area contributed by atoms with Gasteiger partial charge < -0.3 is 10.1 Å². The van der Waals surface area contributed by atoms with Crippen LogP contribution in [0.5, 0.6) is 5.75 Å². The van der Waals surface area contributed by atoms with Crippen molar-refractivity contribution in [2.24, 2.45) is 5.92 Å². The van der Waals surface area contributed by atoms with Crippen molar-refractivity contribution in [1.82, 2.24) is 15.3 Å². The van der Waals surface area contributed by atoms with Crippen LogP contribution in [0.25, 0.3) is 0 Å². The zero-order chi connectivity index (χ0) is 14.4. The molecule has 0 bridgehead atoms. The second-order valence-corrected chi connectivity index (χ2v) is 5.89. The van der Waals surface area contributed by atoms with Crippen molar-refractivity contribution in [1.29, 1.82) is 0 Å². The SMILES string of the molecule is CC(C)CNCc1nc(C(C)C)ncc1OC(C)C.